The summed E-state index contributed by atoms with van der Waals surface area (Å²) in [5.41, 5.74) is 2.91. The van der Waals surface area contributed by atoms with Gasteiger partial charge in [-0.3, -0.25) is 4.79 Å². The Morgan fingerprint density at radius 3 is 2.35 bits per heavy atom. The summed E-state index contributed by atoms with van der Waals surface area (Å²) in [6.45, 7) is 2.11. The van der Waals surface area contributed by atoms with Gasteiger partial charge in [-0.25, -0.2) is 0 Å². The molecule has 0 aliphatic rings. The monoisotopic (exact) mass is 267 g/mol. The van der Waals surface area contributed by atoms with E-state index in [9.17, 15) is 4.79 Å². The van der Waals surface area contributed by atoms with Gasteiger partial charge in [0.1, 0.15) is 5.75 Å². The number of aryl methyl sites for hydroxylation is 1. The molecule has 0 radical (unpaired) electrons. The lowest BCUT2D eigenvalue weighted by molar-refractivity contribution is -0.111. The van der Waals surface area contributed by atoms with Crippen molar-refractivity contribution in [2.45, 2.75) is 13.3 Å². The van der Waals surface area contributed by atoms with Crippen LogP contribution in [0.1, 0.15) is 18.1 Å². The molecule has 0 fully saturated rings. The molecule has 3 heteroatoms. The van der Waals surface area contributed by atoms with Gasteiger partial charge in [-0.15, -0.1) is 0 Å². The van der Waals surface area contributed by atoms with Crippen molar-refractivity contribution in [3.63, 3.8) is 0 Å². The van der Waals surface area contributed by atoms with E-state index in [0.29, 0.717) is 5.69 Å². The first kappa shape index (κ1) is 13.9. The summed E-state index contributed by atoms with van der Waals surface area (Å²) >= 11 is 0. The minimum Gasteiger partial charge on any atom is -0.508 e. The molecule has 0 heterocycles. The van der Waals surface area contributed by atoms with Gasteiger partial charge in [-0.2, -0.15) is 0 Å². The molecule has 0 aliphatic carbocycles. The number of carbonyl (C=O) groups is 1. The van der Waals surface area contributed by atoms with Crippen LogP contribution in [0.2, 0.25) is 0 Å². The Bertz CT molecular complexity index is 598. The van der Waals surface area contributed by atoms with Gasteiger partial charge in [0.2, 0.25) is 5.91 Å². The first-order valence-corrected chi connectivity index (χ1v) is 6.54. The summed E-state index contributed by atoms with van der Waals surface area (Å²) in [4.78, 5) is 11.7. The number of nitrogens with one attached hydrogen (secondary N) is 1. The van der Waals surface area contributed by atoms with E-state index in [1.54, 1.807) is 18.2 Å². The number of phenols is 1. The topological polar surface area (TPSA) is 49.3 Å². The number of phenolic OH excluding ortho intramolecular Hbond substituents is 1. The smallest absolute Gasteiger partial charge is 0.248 e. The molecule has 0 saturated heterocycles. The van der Waals surface area contributed by atoms with Gasteiger partial charge in [-0.05, 0) is 47.9 Å². The Morgan fingerprint density at radius 2 is 1.75 bits per heavy atom. The molecule has 102 valence electrons. The normalized spacial score (nSPS) is 10.7. The number of rotatable bonds is 4. The van der Waals surface area contributed by atoms with Crippen LogP contribution in [0.3, 0.4) is 0 Å². The van der Waals surface area contributed by atoms with E-state index in [1.807, 2.05) is 12.1 Å². The van der Waals surface area contributed by atoms with Crippen LogP contribution in [-0.2, 0) is 11.2 Å². The van der Waals surface area contributed by atoms with Gasteiger partial charge in [0.05, 0.1) is 0 Å². The second kappa shape index (κ2) is 6.57. The van der Waals surface area contributed by atoms with E-state index in [1.165, 1.54) is 23.8 Å². The standard InChI is InChI=1S/C17H17NO2/c1-2-13-3-5-14(6-4-13)7-12-17(20)18-15-8-10-16(19)11-9-15/h3-12,19H,2H2,1H3,(H,18,20)/b12-7+. The molecule has 0 spiro atoms. The lowest BCUT2D eigenvalue weighted by Crippen LogP contribution is -2.07. The number of hydrogen-bond donors (Lipinski definition) is 2. The van der Waals surface area contributed by atoms with E-state index < -0.39 is 0 Å². The van der Waals surface area contributed by atoms with Crippen LogP contribution in [0.4, 0.5) is 5.69 Å². The zero-order valence-corrected chi connectivity index (χ0v) is 11.3. The van der Waals surface area contributed by atoms with Gasteiger partial charge >= 0.3 is 0 Å². The molecule has 0 saturated carbocycles. The Hall–Kier alpha value is -2.55. The molecule has 2 aromatic carbocycles. The SMILES string of the molecule is CCc1ccc(/C=C/C(=O)Nc2ccc(O)cc2)cc1. The maximum Gasteiger partial charge on any atom is 0.248 e. The van der Waals surface area contributed by atoms with Crippen LogP contribution in [-0.4, -0.2) is 11.0 Å². The fraction of sp³-hybridized carbons (Fsp3) is 0.118. The van der Waals surface area contributed by atoms with Gasteiger partial charge in [0.25, 0.3) is 0 Å². The largest absolute Gasteiger partial charge is 0.508 e. The molecule has 1 amide bonds. The van der Waals surface area contributed by atoms with Crippen LogP contribution in [0.25, 0.3) is 6.08 Å². The fourth-order valence-electron chi connectivity index (χ4n) is 1.77. The molecule has 0 aliphatic heterocycles. The molecule has 0 unspecified atom stereocenters. The average molecular weight is 267 g/mol. The number of benzene rings is 2. The molecule has 20 heavy (non-hydrogen) atoms. The summed E-state index contributed by atoms with van der Waals surface area (Å²) in [6, 6.07) is 14.4. The third-order valence-corrected chi connectivity index (χ3v) is 2.95. The summed E-state index contributed by atoms with van der Waals surface area (Å²) in [5.74, 6) is -0.0233. The highest BCUT2D eigenvalue weighted by molar-refractivity contribution is 6.01. The summed E-state index contributed by atoms with van der Waals surface area (Å²) in [5, 5.41) is 11.9. The zero-order valence-electron chi connectivity index (χ0n) is 11.3. The van der Waals surface area contributed by atoms with Crippen molar-refractivity contribution in [1.29, 1.82) is 0 Å². The van der Waals surface area contributed by atoms with Gasteiger partial charge in [0, 0.05) is 11.8 Å². The fourth-order valence-corrected chi connectivity index (χ4v) is 1.77. The highest BCUT2D eigenvalue weighted by Crippen LogP contribution is 2.13. The molecule has 0 bridgehead atoms. The van der Waals surface area contributed by atoms with Crippen LogP contribution in [0.15, 0.2) is 54.6 Å². The van der Waals surface area contributed by atoms with Gasteiger partial charge in [0.15, 0.2) is 0 Å². The molecule has 3 nitrogen and oxygen atoms in total. The maximum atomic E-state index is 11.7. The van der Waals surface area contributed by atoms with Crippen LogP contribution < -0.4 is 5.32 Å². The maximum absolute atomic E-state index is 11.7. The number of aromatic hydroxyl groups is 1. The molecule has 2 N–H and O–H groups in total. The number of hydrogen-bond acceptors (Lipinski definition) is 2. The molecule has 0 atom stereocenters. The van der Waals surface area contributed by atoms with Crippen molar-refractivity contribution in [2.24, 2.45) is 0 Å². The molecular weight excluding hydrogens is 250 g/mol. The van der Waals surface area contributed by atoms with Crippen molar-refractivity contribution in [1.82, 2.24) is 0 Å². The Kier molecular flexibility index (Phi) is 4.56. The first-order chi connectivity index (χ1) is 9.67. The van der Waals surface area contributed by atoms with Crippen molar-refractivity contribution in [3.8, 4) is 5.75 Å². The lowest BCUT2D eigenvalue weighted by Gasteiger charge is -2.02. The highest BCUT2D eigenvalue weighted by Gasteiger charge is 1.98. The minimum atomic E-state index is -0.199. The number of anilines is 1. The summed E-state index contributed by atoms with van der Waals surface area (Å²) < 4.78 is 0. The molecule has 0 aromatic heterocycles. The predicted molar refractivity (Wildman–Crippen MR) is 81.6 cm³/mol. The Labute approximate surface area is 118 Å². The Balaban J connectivity index is 1.96. The minimum absolute atomic E-state index is 0.176. The second-order valence-electron chi connectivity index (χ2n) is 4.46. The van der Waals surface area contributed by atoms with Gasteiger partial charge in [-0.1, -0.05) is 31.2 Å². The highest BCUT2D eigenvalue weighted by atomic mass is 16.3. The third-order valence-electron chi connectivity index (χ3n) is 2.95. The lowest BCUT2D eigenvalue weighted by atomic mass is 10.1. The van der Waals surface area contributed by atoms with Crippen LogP contribution in [0, 0.1) is 0 Å². The average Bonchev–Trinajstić information content (AvgIpc) is 2.48. The zero-order chi connectivity index (χ0) is 14.4. The van der Waals surface area contributed by atoms with Crippen molar-refractivity contribution >= 4 is 17.7 Å². The van der Waals surface area contributed by atoms with Crippen LogP contribution in [0.5, 0.6) is 5.75 Å². The van der Waals surface area contributed by atoms with Crippen molar-refractivity contribution < 1.29 is 9.90 Å². The van der Waals surface area contributed by atoms with Crippen molar-refractivity contribution in [3.05, 3.63) is 65.7 Å². The van der Waals surface area contributed by atoms with E-state index in [0.717, 1.165) is 12.0 Å². The second-order valence-corrected chi connectivity index (χ2v) is 4.46. The molecular formula is C17H17NO2. The third kappa shape index (κ3) is 3.99. The number of amides is 1. The summed E-state index contributed by atoms with van der Waals surface area (Å²) in [7, 11) is 0. The molecule has 2 aromatic rings. The van der Waals surface area contributed by atoms with E-state index in [-0.39, 0.29) is 11.7 Å². The summed E-state index contributed by atoms with van der Waals surface area (Å²) in [6.07, 6.45) is 4.27. The van der Waals surface area contributed by atoms with Crippen LogP contribution >= 0.6 is 0 Å². The first-order valence-electron chi connectivity index (χ1n) is 6.54. The van der Waals surface area contributed by atoms with Crippen molar-refractivity contribution in [2.75, 3.05) is 5.32 Å². The predicted octanol–water partition coefficient (Wildman–Crippen LogP) is 3.61. The van der Waals surface area contributed by atoms with Gasteiger partial charge < -0.3 is 10.4 Å². The number of carbonyl (C=O) groups excluding carboxylic acids is 1. The quantitative estimate of drug-likeness (QED) is 0.656. The van der Waals surface area contributed by atoms with E-state index in [2.05, 4.69) is 24.4 Å². The Morgan fingerprint density at radius 1 is 1.10 bits per heavy atom. The van der Waals surface area contributed by atoms with E-state index >= 15 is 0 Å². The molecule has 2 rings (SSSR count). The van der Waals surface area contributed by atoms with E-state index in [4.69, 9.17) is 5.11 Å².